The largest absolute Gasteiger partial charge is 0.295 e. The molecule has 2 aromatic rings. The Morgan fingerprint density at radius 1 is 0.923 bits per heavy atom. The highest BCUT2D eigenvalue weighted by Gasteiger charge is 2.39. The zero-order chi connectivity index (χ0) is 17.8. The number of benzene rings is 2. The quantitative estimate of drug-likeness (QED) is 0.725. The van der Waals surface area contributed by atoms with E-state index in [2.05, 4.69) is 66.4 Å². The Balaban J connectivity index is 1.58. The van der Waals surface area contributed by atoms with Gasteiger partial charge in [0.2, 0.25) is 0 Å². The van der Waals surface area contributed by atoms with Gasteiger partial charge in [0.1, 0.15) is 0 Å². The lowest BCUT2D eigenvalue weighted by Gasteiger charge is -2.47. The van der Waals surface area contributed by atoms with E-state index in [0.717, 1.165) is 13.0 Å². The molecule has 0 aliphatic carbocycles. The van der Waals surface area contributed by atoms with Gasteiger partial charge < -0.3 is 0 Å². The predicted octanol–water partition coefficient (Wildman–Crippen LogP) is 4.92. The Morgan fingerprint density at radius 2 is 1.62 bits per heavy atom. The van der Waals surface area contributed by atoms with Crippen LogP contribution >= 0.6 is 0 Å². The molecule has 136 valence electrons. The molecule has 3 aliphatic heterocycles. The van der Waals surface area contributed by atoms with Crippen molar-refractivity contribution in [2.75, 3.05) is 13.1 Å². The first kappa shape index (κ1) is 17.5. The van der Waals surface area contributed by atoms with Gasteiger partial charge in [-0.15, -0.1) is 0 Å². The van der Waals surface area contributed by atoms with E-state index in [-0.39, 0.29) is 0 Å². The summed E-state index contributed by atoms with van der Waals surface area (Å²) in [5.74, 6) is 0.701. The highest BCUT2D eigenvalue weighted by Crippen LogP contribution is 2.32. The lowest BCUT2D eigenvalue weighted by molar-refractivity contribution is 0.144. The number of piperidine rings is 3. The molecule has 0 amide bonds. The molecular formula is C24H30N2. The van der Waals surface area contributed by atoms with Crippen LogP contribution in [0.25, 0.3) is 0 Å². The van der Waals surface area contributed by atoms with Crippen LogP contribution in [0, 0.1) is 5.92 Å². The summed E-state index contributed by atoms with van der Waals surface area (Å²) < 4.78 is 0. The molecule has 0 spiro atoms. The van der Waals surface area contributed by atoms with Crippen LogP contribution in [0.15, 0.2) is 59.6 Å². The van der Waals surface area contributed by atoms with Crippen LogP contribution in [0.4, 0.5) is 0 Å². The fourth-order valence-corrected chi connectivity index (χ4v) is 4.68. The van der Waals surface area contributed by atoms with Crippen molar-refractivity contribution in [2.45, 2.75) is 51.6 Å². The van der Waals surface area contributed by atoms with Crippen molar-refractivity contribution in [2.24, 2.45) is 10.9 Å². The first-order valence-electron chi connectivity index (χ1n) is 10.2. The second-order valence-corrected chi connectivity index (χ2v) is 7.78. The van der Waals surface area contributed by atoms with Crippen LogP contribution < -0.4 is 0 Å². The predicted molar refractivity (Wildman–Crippen MR) is 110 cm³/mol. The molecule has 0 N–H and O–H groups in total. The number of hydrogen-bond acceptors (Lipinski definition) is 2. The van der Waals surface area contributed by atoms with E-state index in [1.807, 2.05) is 0 Å². The van der Waals surface area contributed by atoms with Crippen molar-refractivity contribution < 1.29 is 0 Å². The summed E-state index contributed by atoms with van der Waals surface area (Å²) >= 11 is 0. The maximum Gasteiger partial charge on any atom is 0.0639 e. The maximum absolute atomic E-state index is 5.16. The van der Waals surface area contributed by atoms with E-state index in [0.29, 0.717) is 12.0 Å². The van der Waals surface area contributed by atoms with Crippen LogP contribution in [0.1, 0.15) is 42.9 Å². The third kappa shape index (κ3) is 3.76. The Bertz CT molecular complexity index is 742. The minimum Gasteiger partial charge on any atom is -0.295 e. The summed E-state index contributed by atoms with van der Waals surface area (Å²) in [6.45, 7) is 5.59. The first-order chi connectivity index (χ1) is 12.8. The summed E-state index contributed by atoms with van der Waals surface area (Å²) in [7, 11) is 0. The Hall–Kier alpha value is -1.93. The summed E-state index contributed by atoms with van der Waals surface area (Å²) in [5, 5.41) is 0. The van der Waals surface area contributed by atoms with Crippen molar-refractivity contribution in [3.63, 3.8) is 0 Å². The van der Waals surface area contributed by atoms with Gasteiger partial charge in [-0.3, -0.25) is 9.89 Å². The summed E-state index contributed by atoms with van der Waals surface area (Å²) in [6.07, 6.45) is 6.10. The number of aryl methyl sites for hydroxylation is 1. The highest BCUT2D eigenvalue weighted by atomic mass is 15.2. The van der Waals surface area contributed by atoms with Crippen LogP contribution in [-0.2, 0) is 19.4 Å². The Kier molecular flexibility index (Phi) is 5.50. The van der Waals surface area contributed by atoms with E-state index in [1.54, 1.807) is 0 Å². The van der Waals surface area contributed by atoms with E-state index in [4.69, 9.17) is 4.99 Å². The molecule has 1 atom stereocenters. The molecule has 0 aromatic heterocycles. The highest BCUT2D eigenvalue weighted by molar-refractivity contribution is 5.93. The molecular weight excluding hydrogens is 316 g/mol. The average Bonchev–Trinajstić information content (AvgIpc) is 2.70. The van der Waals surface area contributed by atoms with Crippen molar-refractivity contribution in [1.29, 1.82) is 0 Å². The molecule has 2 bridgehead atoms. The molecule has 5 rings (SSSR count). The standard InChI is InChI=1S/C24H30N2/c1-2-8-20-11-6-7-12-22(20)17-23-24(21-13-15-26(23)16-14-21)25-18-19-9-4-3-5-10-19/h3-7,9-12,21,23H,2,8,13-18H2,1H3. The molecule has 2 heteroatoms. The van der Waals surface area contributed by atoms with Gasteiger partial charge in [0, 0.05) is 11.6 Å². The molecule has 3 heterocycles. The van der Waals surface area contributed by atoms with Crippen molar-refractivity contribution in [3.05, 3.63) is 71.3 Å². The Morgan fingerprint density at radius 3 is 2.35 bits per heavy atom. The molecule has 3 saturated heterocycles. The lowest BCUT2D eigenvalue weighted by Crippen LogP contribution is -2.56. The topological polar surface area (TPSA) is 15.6 Å². The molecule has 26 heavy (non-hydrogen) atoms. The zero-order valence-electron chi connectivity index (χ0n) is 15.9. The van der Waals surface area contributed by atoms with E-state index in [1.165, 1.54) is 61.2 Å². The van der Waals surface area contributed by atoms with Crippen LogP contribution in [0.2, 0.25) is 0 Å². The smallest absolute Gasteiger partial charge is 0.0639 e. The summed E-state index contributed by atoms with van der Waals surface area (Å²) in [5.41, 5.74) is 5.85. The monoisotopic (exact) mass is 346 g/mol. The fourth-order valence-electron chi connectivity index (χ4n) is 4.68. The van der Waals surface area contributed by atoms with Crippen LogP contribution in [0.5, 0.6) is 0 Å². The number of hydrogen-bond donors (Lipinski definition) is 0. The minimum atomic E-state index is 0.504. The number of nitrogens with zero attached hydrogens (tertiary/aromatic N) is 2. The van der Waals surface area contributed by atoms with E-state index < -0.39 is 0 Å². The second kappa shape index (κ2) is 8.18. The molecule has 1 unspecified atom stereocenters. The maximum atomic E-state index is 5.16. The van der Waals surface area contributed by atoms with Crippen LogP contribution in [0.3, 0.4) is 0 Å². The minimum absolute atomic E-state index is 0.504. The normalized spacial score (nSPS) is 26.3. The molecule has 3 fully saturated rings. The number of rotatable bonds is 6. The van der Waals surface area contributed by atoms with Crippen molar-refractivity contribution in [3.8, 4) is 0 Å². The molecule has 3 aliphatic rings. The van der Waals surface area contributed by atoms with Crippen LogP contribution in [-0.4, -0.2) is 29.7 Å². The van der Waals surface area contributed by atoms with E-state index in [9.17, 15) is 0 Å². The zero-order valence-corrected chi connectivity index (χ0v) is 15.9. The van der Waals surface area contributed by atoms with E-state index >= 15 is 0 Å². The molecule has 2 nitrogen and oxygen atoms in total. The lowest BCUT2D eigenvalue weighted by atomic mass is 9.78. The van der Waals surface area contributed by atoms with Gasteiger partial charge >= 0.3 is 0 Å². The van der Waals surface area contributed by atoms with Gasteiger partial charge in [0.15, 0.2) is 0 Å². The van der Waals surface area contributed by atoms with Gasteiger partial charge in [-0.1, -0.05) is 67.9 Å². The van der Waals surface area contributed by atoms with Gasteiger partial charge in [-0.25, -0.2) is 0 Å². The SMILES string of the molecule is CCCc1ccccc1CC1C(=NCc2ccccc2)C2CCN1CC2. The van der Waals surface area contributed by atoms with Gasteiger partial charge in [0.05, 0.1) is 12.6 Å². The third-order valence-corrected chi connectivity index (χ3v) is 6.07. The molecule has 2 aromatic carbocycles. The summed E-state index contributed by atoms with van der Waals surface area (Å²) in [6, 6.07) is 20.2. The Labute approximate surface area is 158 Å². The van der Waals surface area contributed by atoms with Gasteiger partial charge in [-0.2, -0.15) is 0 Å². The third-order valence-electron chi connectivity index (χ3n) is 6.07. The second-order valence-electron chi connectivity index (χ2n) is 7.78. The number of fused-ring (bicyclic) bond motifs is 3. The molecule has 0 radical (unpaired) electrons. The van der Waals surface area contributed by atoms with Crippen molar-refractivity contribution >= 4 is 5.71 Å². The first-order valence-corrected chi connectivity index (χ1v) is 10.2. The number of aliphatic imine (C=N–C) groups is 1. The summed E-state index contributed by atoms with van der Waals surface area (Å²) in [4.78, 5) is 7.85. The molecule has 0 saturated carbocycles. The fraction of sp³-hybridized carbons (Fsp3) is 0.458. The van der Waals surface area contributed by atoms with Crippen molar-refractivity contribution in [1.82, 2.24) is 4.90 Å². The average molecular weight is 347 g/mol. The van der Waals surface area contributed by atoms with Gasteiger partial charge in [-0.05, 0) is 55.5 Å². The van der Waals surface area contributed by atoms with Gasteiger partial charge in [0.25, 0.3) is 0 Å².